The van der Waals surface area contributed by atoms with Crippen molar-refractivity contribution >= 4 is 27.3 Å². The van der Waals surface area contributed by atoms with Gasteiger partial charge >= 0.3 is 5.56 Å². The fourth-order valence-electron chi connectivity index (χ4n) is 4.46. The number of halogens is 1. The summed E-state index contributed by atoms with van der Waals surface area (Å²) in [4.78, 5) is 15.7. The first kappa shape index (κ1) is 26.9. The molecule has 0 saturated carbocycles. The topological polar surface area (TPSA) is 84.7 Å². The number of ether oxygens (including phenoxy) is 1. The van der Waals surface area contributed by atoms with Gasteiger partial charge in [0.2, 0.25) is 15.8 Å². The van der Waals surface area contributed by atoms with Crippen molar-refractivity contribution < 1.29 is 13.2 Å². The first-order chi connectivity index (χ1) is 18.7. The van der Waals surface area contributed by atoms with Gasteiger partial charge in [0.05, 0.1) is 17.1 Å². The molecule has 0 unspecified atom stereocenters. The average molecular weight is 565 g/mol. The standard InChI is InChI=1S/C29H29ClN4O4S/c1-21(2)39(36,37)33-18-16-32(17-19-33)27-20-31-34(25-12-10-24(30)11-13-25)29(35)28(27)38-26-14-8-23(9-15-26)22-6-4-3-5-7-22/h3-15,20-21H,16-19H2,1-2H3. The summed E-state index contributed by atoms with van der Waals surface area (Å²) in [5.41, 5.74) is 2.73. The van der Waals surface area contributed by atoms with Gasteiger partial charge in [-0.3, -0.25) is 4.79 Å². The Kier molecular flexibility index (Phi) is 7.74. The first-order valence-corrected chi connectivity index (χ1v) is 14.6. The van der Waals surface area contributed by atoms with Crippen molar-refractivity contribution in [1.29, 1.82) is 0 Å². The molecule has 1 saturated heterocycles. The zero-order valence-electron chi connectivity index (χ0n) is 21.7. The van der Waals surface area contributed by atoms with Gasteiger partial charge in [-0.1, -0.05) is 54.1 Å². The van der Waals surface area contributed by atoms with Crippen molar-refractivity contribution in [2.75, 3.05) is 31.1 Å². The zero-order chi connectivity index (χ0) is 27.6. The van der Waals surface area contributed by atoms with E-state index in [0.29, 0.717) is 48.3 Å². The number of nitrogens with zero attached hydrogens (tertiary/aromatic N) is 4. The highest BCUT2D eigenvalue weighted by atomic mass is 35.5. The zero-order valence-corrected chi connectivity index (χ0v) is 23.3. The van der Waals surface area contributed by atoms with Crippen LogP contribution in [0, 0.1) is 0 Å². The predicted molar refractivity (Wildman–Crippen MR) is 155 cm³/mol. The van der Waals surface area contributed by atoms with Crippen LogP contribution >= 0.6 is 11.6 Å². The molecule has 0 bridgehead atoms. The van der Waals surface area contributed by atoms with Crippen LogP contribution < -0.4 is 15.2 Å². The minimum absolute atomic E-state index is 0.118. The van der Waals surface area contributed by atoms with Crippen LogP contribution in [0.3, 0.4) is 0 Å². The van der Waals surface area contributed by atoms with Crippen molar-refractivity contribution in [2.45, 2.75) is 19.1 Å². The molecule has 1 fully saturated rings. The first-order valence-electron chi connectivity index (χ1n) is 12.7. The number of benzene rings is 3. The minimum Gasteiger partial charge on any atom is -0.449 e. The van der Waals surface area contributed by atoms with Gasteiger partial charge < -0.3 is 9.64 Å². The molecule has 8 nitrogen and oxygen atoms in total. The van der Waals surface area contributed by atoms with Crippen LogP contribution in [0.4, 0.5) is 5.69 Å². The predicted octanol–water partition coefficient (Wildman–Crippen LogP) is 5.21. The Labute approximate surface area is 233 Å². The van der Waals surface area contributed by atoms with Gasteiger partial charge in [-0.25, -0.2) is 8.42 Å². The molecule has 39 heavy (non-hydrogen) atoms. The van der Waals surface area contributed by atoms with E-state index in [0.717, 1.165) is 11.1 Å². The summed E-state index contributed by atoms with van der Waals surface area (Å²) in [5.74, 6) is 0.621. The smallest absolute Gasteiger partial charge is 0.316 e. The van der Waals surface area contributed by atoms with Gasteiger partial charge in [0.25, 0.3) is 0 Å². The van der Waals surface area contributed by atoms with Gasteiger partial charge in [-0.05, 0) is 61.4 Å². The normalized spacial score (nSPS) is 14.5. The van der Waals surface area contributed by atoms with E-state index in [-0.39, 0.29) is 5.75 Å². The van der Waals surface area contributed by atoms with Crippen LogP contribution in [0.1, 0.15) is 13.8 Å². The van der Waals surface area contributed by atoms with E-state index in [1.54, 1.807) is 44.3 Å². The summed E-state index contributed by atoms with van der Waals surface area (Å²) in [7, 11) is -3.36. The summed E-state index contributed by atoms with van der Waals surface area (Å²) >= 11 is 6.04. The molecule has 4 aromatic rings. The van der Waals surface area contributed by atoms with E-state index < -0.39 is 20.8 Å². The Hall–Kier alpha value is -3.66. The number of sulfonamides is 1. The Morgan fingerprint density at radius 1 is 0.846 bits per heavy atom. The van der Waals surface area contributed by atoms with E-state index in [9.17, 15) is 13.2 Å². The quantitative estimate of drug-likeness (QED) is 0.306. The summed E-state index contributed by atoms with van der Waals surface area (Å²) in [6.07, 6.45) is 1.59. The maximum absolute atomic E-state index is 13.7. The Bertz CT molecular complexity index is 1600. The molecule has 0 aliphatic carbocycles. The molecule has 1 aromatic heterocycles. The van der Waals surface area contributed by atoms with Crippen molar-refractivity contribution in [3.05, 3.63) is 100 Å². The molecule has 0 spiro atoms. The number of hydrogen-bond donors (Lipinski definition) is 0. The average Bonchev–Trinajstić information content (AvgIpc) is 2.95. The number of piperazine rings is 1. The molecule has 0 amide bonds. The maximum atomic E-state index is 13.7. The van der Waals surface area contributed by atoms with Crippen molar-refractivity contribution in [2.24, 2.45) is 0 Å². The summed E-state index contributed by atoms with van der Waals surface area (Å²) < 4.78 is 34.3. The molecule has 0 radical (unpaired) electrons. The Morgan fingerprint density at radius 2 is 1.46 bits per heavy atom. The van der Waals surface area contributed by atoms with Gasteiger partial charge in [-0.2, -0.15) is 14.1 Å². The Balaban J connectivity index is 1.48. The van der Waals surface area contributed by atoms with Crippen molar-refractivity contribution in [3.63, 3.8) is 0 Å². The number of rotatable bonds is 7. The van der Waals surface area contributed by atoms with Crippen LogP contribution in [-0.2, 0) is 10.0 Å². The molecule has 1 aliphatic heterocycles. The SMILES string of the molecule is CC(C)S(=O)(=O)N1CCN(c2cnn(-c3ccc(Cl)cc3)c(=O)c2Oc2ccc(-c3ccccc3)cc2)CC1. The van der Waals surface area contributed by atoms with E-state index in [1.807, 2.05) is 59.5 Å². The molecule has 0 atom stereocenters. The highest BCUT2D eigenvalue weighted by Gasteiger charge is 2.31. The lowest BCUT2D eigenvalue weighted by atomic mass is 10.1. The molecular weight excluding hydrogens is 536 g/mol. The van der Waals surface area contributed by atoms with Gasteiger partial charge in [-0.15, -0.1) is 0 Å². The largest absolute Gasteiger partial charge is 0.449 e. The highest BCUT2D eigenvalue weighted by Crippen LogP contribution is 2.31. The van der Waals surface area contributed by atoms with Crippen LogP contribution in [-0.4, -0.2) is 53.9 Å². The van der Waals surface area contributed by atoms with Gasteiger partial charge in [0.15, 0.2) is 0 Å². The van der Waals surface area contributed by atoms with Crippen LogP contribution in [0.2, 0.25) is 5.02 Å². The third kappa shape index (κ3) is 5.71. The third-order valence-electron chi connectivity index (χ3n) is 6.70. The van der Waals surface area contributed by atoms with E-state index >= 15 is 0 Å². The fraction of sp³-hybridized carbons (Fsp3) is 0.241. The monoisotopic (exact) mass is 564 g/mol. The van der Waals surface area contributed by atoms with Gasteiger partial charge in [0, 0.05) is 31.2 Å². The molecular formula is C29H29ClN4O4S. The highest BCUT2D eigenvalue weighted by molar-refractivity contribution is 7.89. The number of aromatic nitrogens is 2. The maximum Gasteiger partial charge on any atom is 0.316 e. The molecule has 202 valence electrons. The minimum atomic E-state index is -3.36. The van der Waals surface area contributed by atoms with E-state index in [4.69, 9.17) is 16.3 Å². The molecule has 10 heteroatoms. The second-order valence-electron chi connectivity index (χ2n) is 9.52. The lowest BCUT2D eigenvalue weighted by Gasteiger charge is -2.36. The summed E-state index contributed by atoms with van der Waals surface area (Å²) in [6.45, 7) is 4.79. The molecule has 5 rings (SSSR count). The third-order valence-corrected chi connectivity index (χ3v) is 9.23. The van der Waals surface area contributed by atoms with E-state index in [1.165, 1.54) is 8.99 Å². The second kappa shape index (κ2) is 11.2. The lowest BCUT2D eigenvalue weighted by Crippen LogP contribution is -2.50. The summed E-state index contributed by atoms with van der Waals surface area (Å²) in [5, 5.41) is 4.47. The summed E-state index contributed by atoms with van der Waals surface area (Å²) in [6, 6.07) is 24.3. The van der Waals surface area contributed by atoms with Crippen LogP contribution in [0.15, 0.2) is 89.9 Å². The number of hydrogen-bond acceptors (Lipinski definition) is 6. The lowest BCUT2D eigenvalue weighted by molar-refractivity contribution is 0.378. The second-order valence-corrected chi connectivity index (χ2v) is 12.5. The van der Waals surface area contributed by atoms with E-state index in [2.05, 4.69) is 5.10 Å². The van der Waals surface area contributed by atoms with Gasteiger partial charge in [0.1, 0.15) is 11.4 Å². The van der Waals surface area contributed by atoms with Crippen LogP contribution in [0.25, 0.3) is 16.8 Å². The van der Waals surface area contributed by atoms with Crippen molar-refractivity contribution in [3.8, 4) is 28.3 Å². The molecule has 3 aromatic carbocycles. The fourth-order valence-corrected chi connectivity index (χ4v) is 5.86. The molecule has 1 aliphatic rings. The Morgan fingerprint density at radius 3 is 2.08 bits per heavy atom. The number of anilines is 1. The van der Waals surface area contributed by atoms with Crippen LogP contribution in [0.5, 0.6) is 11.5 Å². The molecule has 2 heterocycles. The molecule has 0 N–H and O–H groups in total. The van der Waals surface area contributed by atoms with Crippen molar-refractivity contribution in [1.82, 2.24) is 14.1 Å².